The zero-order chi connectivity index (χ0) is 23.8. The number of nitriles is 1. The highest BCUT2D eigenvalue weighted by atomic mass is 16.3. The summed E-state index contributed by atoms with van der Waals surface area (Å²) < 4.78 is 2.60. The van der Waals surface area contributed by atoms with Crippen LogP contribution in [0, 0.1) is 23.7 Å². The van der Waals surface area contributed by atoms with Crippen LogP contribution in [0.1, 0.15) is 55.2 Å². The maximum Gasteiger partial charge on any atom is 0.291 e. The van der Waals surface area contributed by atoms with Crippen molar-refractivity contribution in [3.8, 4) is 11.9 Å². The molecule has 0 unspecified atom stereocenters. The van der Waals surface area contributed by atoms with Gasteiger partial charge in [0.1, 0.15) is 12.2 Å². The Morgan fingerprint density at radius 1 is 1.38 bits per heavy atom. The standard InChI is InChI=1S/C22H28N6O4/c1-13-15(8-9-16(29)26(5)11-10-23)19-27(12-22(2,3)4)20(31)17(21(32)28(19)25-13)18(30)24-14-6-7-14/h8-9,14,31H,6-7,11-12H2,1-5H3,(H,24,30)/b9-8+. The van der Waals surface area contributed by atoms with Crippen LogP contribution in [0.15, 0.2) is 10.9 Å². The van der Waals surface area contributed by atoms with Crippen molar-refractivity contribution in [1.29, 1.82) is 5.26 Å². The molecule has 2 aromatic rings. The van der Waals surface area contributed by atoms with E-state index in [1.54, 1.807) is 6.92 Å². The molecular weight excluding hydrogens is 412 g/mol. The Labute approximate surface area is 185 Å². The monoisotopic (exact) mass is 440 g/mol. The van der Waals surface area contributed by atoms with Gasteiger partial charge in [0.05, 0.1) is 11.8 Å². The first-order valence-electron chi connectivity index (χ1n) is 10.4. The number of carbonyl (C=O) groups is 2. The van der Waals surface area contributed by atoms with Gasteiger partial charge in [-0.15, -0.1) is 0 Å². The zero-order valence-corrected chi connectivity index (χ0v) is 19.0. The molecule has 0 aromatic carbocycles. The van der Waals surface area contributed by atoms with Gasteiger partial charge in [-0.3, -0.25) is 19.0 Å². The van der Waals surface area contributed by atoms with Crippen LogP contribution in [-0.2, 0) is 11.3 Å². The second kappa shape index (κ2) is 8.49. The second-order valence-corrected chi connectivity index (χ2v) is 9.32. The van der Waals surface area contributed by atoms with E-state index in [2.05, 4.69) is 10.4 Å². The molecule has 1 aliphatic carbocycles. The number of hydrogen-bond acceptors (Lipinski definition) is 6. The molecule has 32 heavy (non-hydrogen) atoms. The summed E-state index contributed by atoms with van der Waals surface area (Å²) in [5, 5.41) is 26.9. The van der Waals surface area contributed by atoms with Crippen LogP contribution in [0.25, 0.3) is 11.7 Å². The molecule has 0 radical (unpaired) electrons. The van der Waals surface area contributed by atoms with Gasteiger partial charge in [-0.05, 0) is 31.3 Å². The summed E-state index contributed by atoms with van der Waals surface area (Å²) in [5.41, 5.74) is -0.174. The highest BCUT2D eigenvalue weighted by Crippen LogP contribution is 2.28. The molecule has 0 atom stereocenters. The number of nitrogens with zero attached hydrogens (tertiary/aromatic N) is 5. The molecule has 1 fully saturated rings. The average Bonchev–Trinajstić information content (AvgIpc) is 3.43. The molecule has 0 aliphatic heterocycles. The van der Waals surface area contributed by atoms with Gasteiger partial charge in [0.25, 0.3) is 11.5 Å². The van der Waals surface area contributed by atoms with Crippen molar-refractivity contribution in [3.05, 3.63) is 33.3 Å². The molecule has 170 valence electrons. The summed E-state index contributed by atoms with van der Waals surface area (Å²) in [5.74, 6) is -1.45. The molecule has 1 aliphatic rings. The molecule has 0 bridgehead atoms. The normalized spacial score (nSPS) is 14.0. The molecule has 1 saturated carbocycles. The molecule has 0 saturated heterocycles. The molecule has 2 N–H and O–H groups in total. The van der Waals surface area contributed by atoms with Crippen molar-refractivity contribution in [2.24, 2.45) is 5.41 Å². The number of hydrogen-bond donors (Lipinski definition) is 2. The molecule has 3 rings (SSSR count). The van der Waals surface area contributed by atoms with Gasteiger partial charge in [-0.25, -0.2) is 0 Å². The average molecular weight is 441 g/mol. The lowest BCUT2D eigenvalue weighted by atomic mass is 9.96. The summed E-state index contributed by atoms with van der Waals surface area (Å²) in [7, 11) is 1.50. The van der Waals surface area contributed by atoms with Gasteiger partial charge < -0.3 is 15.3 Å². The van der Waals surface area contributed by atoms with Crippen LogP contribution in [0.3, 0.4) is 0 Å². The van der Waals surface area contributed by atoms with E-state index in [1.807, 2.05) is 26.8 Å². The molecule has 10 heteroatoms. The lowest BCUT2D eigenvalue weighted by molar-refractivity contribution is -0.124. The van der Waals surface area contributed by atoms with Crippen LogP contribution >= 0.6 is 0 Å². The van der Waals surface area contributed by atoms with E-state index in [1.165, 1.54) is 28.7 Å². The van der Waals surface area contributed by atoms with Gasteiger partial charge in [-0.2, -0.15) is 14.9 Å². The van der Waals surface area contributed by atoms with Crippen LogP contribution in [0.2, 0.25) is 0 Å². The molecular formula is C22H28N6O4. The smallest absolute Gasteiger partial charge is 0.291 e. The van der Waals surface area contributed by atoms with Crippen molar-refractivity contribution < 1.29 is 14.7 Å². The number of aromatic hydroxyl groups is 1. The van der Waals surface area contributed by atoms with E-state index in [0.29, 0.717) is 17.8 Å². The van der Waals surface area contributed by atoms with Gasteiger partial charge in [0.2, 0.25) is 11.8 Å². The van der Waals surface area contributed by atoms with Crippen molar-refractivity contribution >= 4 is 23.5 Å². The third-order valence-electron chi connectivity index (χ3n) is 5.07. The van der Waals surface area contributed by atoms with Crippen molar-refractivity contribution in [3.63, 3.8) is 0 Å². The molecule has 0 spiro atoms. The summed E-state index contributed by atoms with van der Waals surface area (Å²) in [6.07, 6.45) is 4.48. The molecule has 2 aromatic heterocycles. The Kier molecular flexibility index (Phi) is 6.12. The molecule has 2 heterocycles. The fourth-order valence-electron chi connectivity index (χ4n) is 3.33. The first kappa shape index (κ1) is 23.1. The maximum atomic E-state index is 13.1. The van der Waals surface area contributed by atoms with Crippen LogP contribution < -0.4 is 10.9 Å². The fourth-order valence-corrected chi connectivity index (χ4v) is 3.33. The van der Waals surface area contributed by atoms with Crippen molar-refractivity contribution in [2.45, 2.75) is 53.1 Å². The molecule has 10 nitrogen and oxygen atoms in total. The minimum atomic E-state index is -0.725. The first-order valence-corrected chi connectivity index (χ1v) is 10.4. The Morgan fingerprint density at radius 2 is 2.03 bits per heavy atom. The van der Waals surface area contributed by atoms with E-state index in [-0.39, 0.29) is 35.1 Å². The third kappa shape index (κ3) is 4.66. The predicted molar refractivity (Wildman–Crippen MR) is 118 cm³/mol. The lowest BCUT2D eigenvalue weighted by Crippen LogP contribution is -2.35. The Bertz CT molecular complexity index is 1200. The highest BCUT2D eigenvalue weighted by molar-refractivity contribution is 5.97. The quantitative estimate of drug-likeness (QED) is 0.516. The third-order valence-corrected chi connectivity index (χ3v) is 5.07. The second-order valence-electron chi connectivity index (χ2n) is 9.32. The molecule has 2 amide bonds. The van der Waals surface area contributed by atoms with Crippen LogP contribution in [0.4, 0.5) is 0 Å². The van der Waals surface area contributed by atoms with E-state index in [4.69, 9.17) is 5.26 Å². The lowest BCUT2D eigenvalue weighted by Gasteiger charge is -2.23. The van der Waals surface area contributed by atoms with Crippen LogP contribution in [0.5, 0.6) is 5.88 Å². The summed E-state index contributed by atoms with van der Waals surface area (Å²) in [6.45, 7) is 7.79. The van der Waals surface area contributed by atoms with Gasteiger partial charge in [-0.1, -0.05) is 20.8 Å². The van der Waals surface area contributed by atoms with E-state index < -0.39 is 17.3 Å². The number of aryl methyl sites for hydroxylation is 1. The van der Waals surface area contributed by atoms with E-state index in [0.717, 1.165) is 17.4 Å². The SMILES string of the molecule is Cc1nn2c(=O)c(C(=O)NC3CC3)c(O)n(CC(C)(C)C)c2c1/C=C/C(=O)N(C)CC#N. The van der Waals surface area contributed by atoms with Gasteiger partial charge >= 0.3 is 0 Å². The topological polar surface area (TPSA) is 133 Å². The number of likely N-dealkylation sites (N-methyl/N-ethyl adjacent to an activating group) is 1. The summed E-state index contributed by atoms with van der Waals surface area (Å²) in [6, 6.07) is 1.92. The van der Waals surface area contributed by atoms with E-state index in [9.17, 15) is 19.5 Å². The minimum Gasteiger partial charge on any atom is -0.494 e. The zero-order valence-electron chi connectivity index (χ0n) is 19.0. The van der Waals surface area contributed by atoms with Gasteiger partial charge in [0, 0.05) is 31.3 Å². The fraction of sp³-hybridized carbons (Fsp3) is 0.500. The Morgan fingerprint density at radius 3 is 2.59 bits per heavy atom. The maximum absolute atomic E-state index is 13.1. The van der Waals surface area contributed by atoms with Crippen LogP contribution in [-0.4, -0.2) is 55.6 Å². The Hall–Kier alpha value is -3.61. The highest BCUT2D eigenvalue weighted by Gasteiger charge is 2.31. The predicted octanol–water partition coefficient (Wildman–Crippen LogP) is 1.44. The number of fused-ring (bicyclic) bond motifs is 1. The Balaban J connectivity index is 2.21. The summed E-state index contributed by atoms with van der Waals surface area (Å²) >= 11 is 0. The number of nitrogens with one attached hydrogen (secondary N) is 1. The minimum absolute atomic E-state index is 0.0160. The van der Waals surface area contributed by atoms with E-state index >= 15 is 0 Å². The van der Waals surface area contributed by atoms with Gasteiger partial charge in [0.15, 0.2) is 5.56 Å². The first-order chi connectivity index (χ1) is 14.9. The number of rotatable bonds is 6. The number of aromatic nitrogens is 3. The number of amides is 2. The number of carbonyl (C=O) groups excluding carboxylic acids is 2. The summed E-state index contributed by atoms with van der Waals surface area (Å²) in [4.78, 5) is 39.4. The van der Waals surface area contributed by atoms with Crippen molar-refractivity contribution in [1.82, 2.24) is 24.4 Å². The largest absolute Gasteiger partial charge is 0.494 e. The van der Waals surface area contributed by atoms with Crippen molar-refractivity contribution in [2.75, 3.05) is 13.6 Å².